The van der Waals surface area contributed by atoms with Crippen LogP contribution in [0.5, 0.6) is 0 Å². The fourth-order valence-electron chi connectivity index (χ4n) is 3.71. The fraction of sp³-hybridized carbons (Fsp3) is 0.261. The van der Waals surface area contributed by atoms with Gasteiger partial charge in [0.25, 0.3) is 0 Å². The van der Waals surface area contributed by atoms with Crippen LogP contribution in [0.25, 0.3) is 33.2 Å². The second-order valence-electron chi connectivity index (χ2n) is 7.52. The van der Waals surface area contributed by atoms with E-state index in [1.54, 1.807) is 13.0 Å². The van der Waals surface area contributed by atoms with Gasteiger partial charge in [-0.25, -0.2) is 13.3 Å². The molecule has 27 heavy (non-hydrogen) atoms. The average Bonchev–Trinajstić information content (AvgIpc) is 3.00. The molecule has 0 saturated heterocycles. The van der Waals surface area contributed by atoms with E-state index in [9.17, 15) is 8.78 Å². The largest absolute Gasteiger partial charge is 0.455 e. The number of pyridine rings is 1. The number of furan rings is 1. The number of rotatable bonds is 2. The van der Waals surface area contributed by atoms with Crippen LogP contribution in [0.3, 0.4) is 0 Å². The first-order valence-electron chi connectivity index (χ1n) is 9.10. The van der Waals surface area contributed by atoms with Crippen molar-refractivity contribution >= 4 is 21.9 Å². The molecule has 0 aliphatic carbocycles. The van der Waals surface area contributed by atoms with Crippen molar-refractivity contribution in [3.05, 3.63) is 64.9 Å². The molecule has 4 aromatic rings. The van der Waals surface area contributed by atoms with Crippen LogP contribution >= 0.6 is 0 Å². The van der Waals surface area contributed by atoms with Crippen molar-refractivity contribution < 1.29 is 17.8 Å². The zero-order valence-electron chi connectivity index (χ0n) is 16.2. The van der Waals surface area contributed by atoms with Crippen molar-refractivity contribution in [2.45, 2.75) is 33.6 Å². The zero-order chi connectivity index (χ0) is 19.5. The van der Waals surface area contributed by atoms with E-state index in [-0.39, 0.29) is 11.6 Å². The number of aryl methyl sites for hydroxylation is 3. The molecule has 0 spiro atoms. The average molecular weight is 366 g/mol. The quantitative estimate of drug-likeness (QED) is 0.392. The van der Waals surface area contributed by atoms with Gasteiger partial charge in [-0.05, 0) is 49.1 Å². The minimum absolute atomic E-state index is 0.348. The number of hydrogen-bond donors (Lipinski definition) is 0. The molecule has 0 bridgehead atoms. The summed E-state index contributed by atoms with van der Waals surface area (Å²) in [7, 11) is 1.96. The molecule has 138 valence electrons. The van der Waals surface area contributed by atoms with E-state index in [0.29, 0.717) is 33.4 Å². The molecule has 4 rings (SSSR count). The third kappa shape index (κ3) is 2.62. The van der Waals surface area contributed by atoms with E-state index in [0.717, 1.165) is 16.8 Å². The maximum Gasteiger partial charge on any atom is 0.216 e. The number of fused-ring (bicyclic) bond motifs is 3. The van der Waals surface area contributed by atoms with E-state index in [1.165, 1.54) is 17.7 Å². The standard InChI is InChI=1S/C23H22F2NO/c1-12(2)15-8-9-26(5)19(11-15)20-13(3)10-18(25)21-16-6-7-17(24)14(4)22(16)27-23(20)21/h6-12H,1-5H3/q+1. The van der Waals surface area contributed by atoms with Crippen molar-refractivity contribution in [2.75, 3.05) is 0 Å². The van der Waals surface area contributed by atoms with Gasteiger partial charge in [0, 0.05) is 23.1 Å². The van der Waals surface area contributed by atoms with E-state index < -0.39 is 0 Å². The van der Waals surface area contributed by atoms with Gasteiger partial charge in [-0.15, -0.1) is 0 Å². The Morgan fingerprint density at radius 1 is 0.963 bits per heavy atom. The lowest BCUT2D eigenvalue weighted by molar-refractivity contribution is -0.660. The SMILES string of the molecule is Cc1cc(F)c2c(oc3c(C)c(F)ccc32)c1-c1cc(C(C)C)cc[n+]1C. The molecule has 0 aliphatic rings. The van der Waals surface area contributed by atoms with Crippen molar-refractivity contribution in [2.24, 2.45) is 7.05 Å². The Balaban J connectivity index is 2.16. The minimum atomic E-state index is -0.354. The summed E-state index contributed by atoms with van der Waals surface area (Å²) in [4.78, 5) is 0. The molecular weight excluding hydrogens is 344 g/mol. The number of benzene rings is 2. The van der Waals surface area contributed by atoms with Crippen LogP contribution in [-0.4, -0.2) is 0 Å². The molecule has 2 nitrogen and oxygen atoms in total. The maximum absolute atomic E-state index is 14.9. The summed E-state index contributed by atoms with van der Waals surface area (Å²) in [5.74, 6) is -0.334. The smallest absolute Gasteiger partial charge is 0.216 e. The Morgan fingerprint density at radius 3 is 2.41 bits per heavy atom. The highest BCUT2D eigenvalue weighted by Crippen LogP contribution is 2.40. The van der Waals surface area contributed by atoms with Crippen LogP contribution in [0, 0.1) is 25.5 Å². The van der Waals surface area contributed by atoms with E-state index in [2.05, 4.69) is 26.0 Å². The summed E-state index contributed by atoms with van der Waals surface area (Å²) >= 11 is 0. The molecular formula is C23H22F2NO+. The predicted molar refractivity (Wildman–Crippen MR) is 104 cm³/mol. The molecule has 2 aromatic heterocycles. The first-order valence-corrected chi connectivity index (χ1v) is 9.10. The second-order valence-corrected chi connectivity index (χ2v) is 7.52. The minimum Gasteiger partial charge on any atom is -0.455 e. The summed E-state index contributed by atoms with van der Waals surface area (Å²) < 4.78 is 37.0. The van der Waals surface area contributed by atoms with Crippen molar-refractivity contribution in [3.8, 4) is 11.3 Å². The number of aromatic nitrogens is 1. The Bertz CT molecular complexity index is 1200. The fourth-order valence-corrected chi connectivity index (χ4v) is 3.71. The van der Waals surface area contributed by atoms with Crippen LogP contribution < -0.4 is 4.57 Å². The Hall–Kier alpha value is -2.75. The molecule has 0 atom stereocenters. The lowest BCUT2D eigenvalue weighted by Gasteiger charge is -2.09. The summed E-state index contributed by atoms with van der Waals surface area (Å²) in [5, 5.41) is 1.01. The summed E-state index contributed by atoms with van der Waals surface area (Å²) in [6.07, 6.45) is 2.01. The lowest BCUT2D eigenvalue weighted by Crippen LogP contribution is -2.31. The van der Waals surface area contributed by atoms with Crippen LogP contribution in [-0.2, 0) is 7.05 Å². The monoisotopic (exact) mass is 366 g/mol. The maximum atomic E-state index is 14.9. The molecule has 0 fully saturated rings. The Kier molecular flexibility index (Phi) is 4.02. The molecule has 0 unspecified atom stereocenters. The Morgan fingerprint density at radius 2 is 1.70 bits per heavy atom. The van der Waals surface area contributed by atoms with Gasteiger partial charge >= 0.3 is 0 Å². The molecule has 0 saturated carbocycles. The molecule has 0 radical (unpaired) electrons. The number of nitrogens with zero attached hydrogens (tertiary/aromatic N) is 1. The highest BCUT2D eigenvalue weighted by Gasteiger charge is 2.25. The van der Waals surface area contributed by atoms with Crippen LogP contribution in [0.15, 0.2) is 40.9 Å². The summed E-state index contributed by atoms with van der Waals surface area (Å²) in [5.41, 5.74) is 5.03. The molecule has 2 heterocycles. The number of hydrogen-bond acceptors (Lipinski definition) is 1. The van der Waals surface area contributed by atoms with Gasteiger partial charge in [0.05, 0.1) is 10.9 Å². The third-order valence-electron chi connectivity index (χ3n) is 5.34. The second kappa shape index (κ2) is 6.15. The number of halogens is 2. The first-order chi connectivity index (χ1) is 12.8. The van der Waals surface area contributed by atoms with E-state index in [1.807, 2.05) is 24.7 Å². The van der Waals surface area contributed by atoms with Gasteiger partial charge in [-0.2, -0.15) is 0 Å². The lowest BCUT2D eigenvalue weighted by atomic mass is 9.96. The molecule has 0 N–H and O–H groups in total. The van der Waals surface area contributed by atoms with Crippen molar-refractivity contribution in [1.29, 1.82) is 0 Å². The topological polar surface area (TPSA) is 17.0 Å². The third-order valence-corrected chi connectivity index (χ3v) is 5.34. The van der Waals surface area contributed by atoms with Crippen LogP contribution in [0.2, 0.25) is 0 Å². The van der Waals surface area contributed by atoms with Gasteiger partial charge < -0.3 is 4.42 Å². The van der Waals surface area contributed by atoms with Gasteiger partial charge in [-0.3, -0.25) is 0 Å². The van der Waals surface area contributed by atoms with E-state index >= 15 is 0 Å². The van der Waals surface area contributed by atoms with Gasteiger partial charge in [-0.1, -0.05) is 13.8 Å². The van der Waals surface area contributed by atoms with Gasteiger partial charge in [0.2, 0.25) is 5.69 Å². The first kappa shape index (κ1) is 17.7. The van der Waals surface area contributed by atoms with Gasteiger partial charge in [0.15, 0.2) is 11.8 Å². The molecule has 2 aromatic carbocycles. The Labute approximate surface area is 157 Å². The highest BCUT2D eigenvalue weighted by atomic mass is 19.1. The van der Waals surface area contributed by atoms with Crippen molar-refractivity contribution in [3.63, 3.8) is 0 Å². The van der Waals surface area contributed by atoms with E-state index in [4.69, 9.17) is 4.42 Å². The normalized spacial score (nSPS) is 11.9. The molecule has 0 amide bonds. The van der Waals surface area contributed by atoms with Crippen LogP contribution in [0.1, 0.15) is 36.5 Å². The van der Waals surface area contributed by atoms with Gasteiger partial charge in [0.1, 0.15) is 24.3 Å². The predicted octanol–water partition coefficient (Wildman–Crippen LogP) is 6.10. The van der Waals surface area contributed by atoms with Crippen LogP contribution in [0.4, 0.5) is 8.78 Å². The molecule has 0 aliphatic heterocycles. The van der Waals surface area contributed by atoms with Crippen molar-refractivity contribution in [1.82, 2.24) is 0 Å². The summed E-state index contributed by atoms with van der Waals surface area (Å²) in [6, 6.07) is 8.70. The zero-order valence-corrected chi connectivity index (χ0v) is 16.2. The summed E-state index contributed by atoms with van der Waals surface area (Å²) in [6.45, 7) is 7.81. The molecule has 4 heteroatoms. The highest BCUT2D eigenvalue weighted by molar-refractivity contribution is 6.10.